The van der Waals surface area contributed by atoms with E-state index in [-0.39, 0.29) is 36.8 Å². The van der Waals surface area contributed by atoms with Crippen LogP contribution in [-0.4, -0.2) is 40.9 Å². The van der Waals surface area contributed by atoms with Crippen LogP contribution in [0.2, 0.25) is 0 Å². The molecule has 3 amide bonds. The van der Waals surface area contributed by atoms with Crippen molar-refractivity contribution in [3.8, 4) is 5.75 Å². The third-order valence-corrected chi connectivity index (χ3v) is 7.03. The van der Waals surface area contributed by atoms with Crippen molar-refractivity contribution in [2.45, 2.75) is 63.6 Å². The second-order valence-corrected chi connectivity index (χ2v) is 9.27. The Kier molecular flexibility index (Phi) is 5.56. The smallest absolute Gasteiger partial charge is 0.257 e. The maximum absolute atomic E-state index is 13.3. The standard InChI is InChI=1S/C26H29N3O4/c1-26-15-13-24(31)29(26)22-12-5-4-11-21(22)25(32)28(26)16-14-23(30)27-18-7-6-10-20(17-18)33-19-8-2-3-9-19/h4-7,10-12,17,19H,2-3,8-9,13-16H2,1H3,(H,27,30). The first kappa shape index (κ1) is 21.5. The molecule has 2 aromatic carbocycles. The Hall–Kier alpha value is -3.35. The van der Waals surface area contributed by atoms with Crippen LogP contribution in [-0.2, 0) is 9.59 Å². The first-order valence-corrected chi connectivity index (χ1v) is 11.8. The van der Waals surface area contributed by atoms with Gasteiger partial charge < -0.3 is 15.0 Å². The van der Waals surface area contributed by atoms with Crippen LogP contribution in [0.15, 0.2) is 48.5 Å². The van der Waals surface area contributed by atoms with Crippen molar-refractivity contribution in [1.29, 1.82) is 0 Å². The molecule has 1 saturated carbocycles. The highest BCUT2D eigenvalue weighted by Crippen LogP contribution is 2.44. The van der Waals surface area contributed by atoms with Gasteiger partial charge in [0.25, 0.3) is 5.91 Å². The average molecular weight is 448 g/mol. The van der Waals surface area contributed by atoms with Crippen LogP contribution in [0.1, 0.15) is 62.2 Å². The molecule has 0 bridgehead atoms. The number of para-hydroxylation sites is 1. The molecule has 7 nitrogen and oxygen atoms in total. The zero-order chi connectivity index (χ0) is 23.0. The summed E-state index contributed by atoms with van der Waals surface area (Å²) in [5.41, 5.74) is 1.09. The fourth-order valence-electron chi connectivity index (χ4n) is 5.32. The third kappa shape index (κ3) is 3.96. The van der Waals surface area contributed by atoms with Gasteiger partial charge in [0, 0.05) is 31.1 Å². The molecule has 5 rings (SSSR count). The van der Waals surface area contributed by atoms with Crippen LogP contribution in [0.5, 0.6) is 5.75 Å². The predicted molar refractivity (Wildman–Crippen MR) is 125 cm³/mol. The molecule has 172 valence electrons. The molecule has 7 heteroatoms. The van der Waals surface area contributed by atoms with Crippen molar-refractivity contribution < 1.29 is 19.1 Å². The molecule has 2 fully saturated rings. The Bertz CT molecular complexity index is 1090. The van der Waals surface area contributed by atoms with Gasteiger partial charge in [0.1, 0.15) is 11.4 Å². The second kappa shape index (κ2) is 8.54. The van der Waals surface area contributed by atoms with Gasteiger partial charge in [-0.25, -0.2) is 0 Å². The van der Waals surface area contributed by atoms with Gasteiger partial charge in [-0.3, -0.25) is 19.3 Å². The zero-order valence-electron chi connectivity index (χ0n) is 18.9. The van der Waals surface area contributed by atoms with Crippen LogP contribution in [0, 0.1) is 0 Å². The number of fused-ring (bicyclic) bond motifs is 3. The van der Waals surface area contributed by atoms with Crippen LogP contribution < -0.4 is 15.0 Å². The number of nitrogens with one attached hydrogen (secondary N) is 1. The number of nitrogens with zero attached hydrogens (tertiary/aromatic N) is 2. The van der Waals surface area contributed by atoms with E-state index in [2.05, 4.69) is 5.32 Å². The van der Waals surface area contributed by atoms with Crippen molar-refractivity contribution in [3.05, 3.63) is 54.1 Å². The predicted octanol–water partition coefficient (Wildman–Crippen LogP) is 4.34. The number of amides is 3. The number of benzene rings is 2. The molecule has 0 radical (unpaired) electrons. The molecule has 0 spiro atoms. The largest absolute Gasteiger partial charge is 0.490 e. The van der Waals surface area contributed by atoms with E-state index in [1.807, 2.05) is 43.3 Å². The van der Waals surface area contributed by atoms with Gasteiger partial charge in [-0.05, 0) is 63.3 Å². The van der Waals surface area contributed by atoms with Crippen molar-refractivity contribution in [2.24, 2.45) is 0 Å². The van der Waals surface area contributed by atoms with E-state index in [4.69, 9.17) is 4.74 Å². The zero-order valence-corrected chi connectivity index (χ0v) is 18.9. The van der Waals surface area contributed by atoms with Gasteiger partial charge in [0.2, 0.25) is 11.8 Å². The minimum atomic E-state index is -0.752. The SMILES string of the molecule is CC12CCC(=O)N1c1ccccc1C(=O)N2CCC(=O)Nc1cccc(OC2CCCC2)c1. The lowest BCUT2D eigenvalue weighted by Crippen LogP contribution is -2.62. The Morgan fingerprint density at radius 2 is 1.91 bits per heavy atom. The molecule has 2 aromatic rings. The van der Waals surface area contributed by atoms with E-state index in [1.165, 1.54) is 12.8 Å². The van der Waals surface area contributed by atoms with Crippen LogP contribution >= 0.6 is 0 Å². The Morgan fingerprint density at radius 1 is 1.12 bits per heavy atom. The molecule has 1 unspecified atom stereocenters. The number of anilines is 2. The fourth-order valence-corrected chi connectivity index (χ4v) is 5.32. The molecule has 1 aliphatic carbocycles. The average Bonchev–Trinajstić information content (AvgIpc) is 3.41. The summed E-state index contributed by atoms with van der Waals surface area (Å²) in [5.74, 6) is 0.444. The van der Waals surface area contributed by atoms with Crippen molar-refractivity contribution >= 4 is 29.1 Å². The summed E-state index contributed by atoms with van der Waals surface area (Å²) < 4.78 is 6.03. The Balaban J connectivity index is 1.27. The molecular formula is C26H29N3O4. The minimum absolute atomic E-state index is 0.00554. The lowest BCUT2D eigenvalue weighted by atomic mass is 9.98. The van der Waals surface area contributed by atoms with E-state index in [1.54, 1.807) is 21.9 Å². The van der Waals surface area contributed by atoms with E-state index in [0.717, 1.165) is 18.6 Å². The number of ether oxygens (including phenoxy) is 1. The topological polar surface area (TPSA) is 79.0 Å². The molecule has 1 N–H and O–H groups in total. The van der Waals surface area contributed by atoms with Crippen molar-refractivity contribution in [3.63, 3.8) is 0 Å². The lowest BCUT2D eigenvalue weighted by Gasteiger charge is -2.48. The summed E-state index contributed by atoms with van der Waals surface area (Å²) in [6.07, 6.45) is 5.86. The molecular weight excluding hydrogens is 418 g/mol. The molecule has 2 aliphatic heterocycles. The van der Waals surface area contributed by atoms with Gasteiger partial charge in [-0.2, -0.15) is 0 Å². The summed E-state index contributed by atoms with van der Waals surface area (Å²) in [6, 6.07) is 14.7. The lowest BCUT2D eigenvalue weighted by molar-refractivity contribution is -0.117. The maximum atomic E-state index is 13.3. The molecule has 1 atom stereocenters. The molecule has 0 aromatic heterocycles. The summed E-state index contributed by atoms with van der Waals surface area (Å²) in [6.45, 7) is 2.14. The van der Waals surface area contributed by atoms with Crippen LogP contribution in [0.25, 0.3) is 0 Å². The Morgan fingerprint density at radius 3 is 2.73 bits per heavy atom. The molecule has 3 aliphatic rings. The van der Waals surface area contributed by atoms with Gasteiger partial charge in [0.15, 0.2) is 0 Å². The quantitative estimate of drug-likeness (QED) is 0.715. The number of carbonyl (C=O) groups is 3. The number of hydrogen-bond donors (Lipinski definition) is 1. The summed E-state index contributed by atoms with van der Waals surface area (Å²) in [4.78, 5) is 42.1. The second-order valence-electron chi connectivity index (χ2n) is 9.27. The minimum Gasteiger partial charge on any atom is -0.490 e. The van der Waals surface area contributed by atoms with Gasteiger partial charge in [0.05, 0.1) is 17.4 Å². The monoisotopic (exact) mass is 447 g/mol. The van der Waals surface area contributed by atoms with Crippen molar-refractivity contribution in [2.75, 3.05) is 16.8 Å². The summed E-state index contributed by atoms with van der Waals surface area (Å²) in [5, 5.41) is 2.92. The maximum Gasteiger partial charge on any atom is 0.257 e. The van der Waals surface area contributed by atoms with Crippen molar-refractivity contribution in [1.82, 2.24) is 4.90 Å². The molecule has 33 heavy (non-hydrogen) atoms. The Labute approximate surface area is 193 Å². The normalized spacial score (nSPS) is 22.3. The highest BCUT2D eigenvalue weighted by Gasteiger charge is 2.52. The molecule has 2 heterocycles. The number of carbonyl (C=O) groups excluding carboxylic acids is 3. The molecule has 1 saturated heterocycles. The third-order valence-electron chi connectivity index (χ3n) is 7.03. The van der Waals surface area contributed by atoms with E-state index < -0.39 is 5.66 Å². The van der Waals surface area contributed by atoms with Crippen LogP contribution in [0.4, 0.5) is 11.4 Å². The number of hydrogen-bond acceptors (Lipinski definition) is 4. The van der Waals surface area contributed by atoms with E-state index >= 15 is 0 Å². The van der Waals surface area contributed by atoms with Gasteiger partial charge in [-0.1, -0.05) is 18.2 Å². The fraction of sp³-hybridized carbons (Fsp3) is 0.423. The highest BCUT2D eigenvalue weighted by atomic mass is 16.5. The van der Waals surface area contributed by atoms with E-state index in [0.29, 0.717) is 29.8 Å². The first-order chi connectivity index (χ1) is 16.0. The van der Waals surface area contributed by atoms with Crippen LogP contribution in [0.3, 0.4) is 0 Å². The highest BCUT2D eigenvalue weighted by molar-refractivity contribution is 6.10. The number of rotatable bonds is 6. The first-order valence-electron chi connectivity index (χ1n) is 11.8. The van der Waals surface area contributed by atoms with E-state index in [9.17, 15) is 14.4 Å². The van der Waals surface area contributed by atoms with Gasteiger partial charge >= 0.3 is 0 Å². The van der Waals surface area contributed by atoms with Gasteiger partial charge in [-0.15, -0.1) is 0 Å². The summed E-state index contributed by atoms with van der Waals surface area (Å²) >= 11 is 0. The summed E-state index contributed by atoms with van der Waals surface area (Å²) in [7, 11) is 0.